The van der Waals surface area contributed by atoms with Gasteiger partial charge in [-0.1, -0.05) is 37.8 Å². The van der Waals surface area contributed by atoms with Crippen molar-refractivity contribution in [3.8, 4) is 0 Å². The molecule has 8 nitrogen and oxygen atoms in total. The largest absolute Gasteiger partial charge is 0.326 e. The van der Waals surface area contributed by atoms with Crippen LogP contribution in [0.15, 0.2) is 36.4 Å². The van der Waals surface area contributed by atoms with Gasteiger partial charge in [0.05, 0.1) is 0 Å². The molecule has 0 fully saturated rings. The van der Waals surface area contributed by atoms with Crippen LogP contribution in [0.1, 0.15) is 76.3 Å². The van der Waals surface area contributed by atoms with Crippen molar-refractivity contribution in [3.05, 3.63) is 47.5 Å². The lowest BCUT2D eigenvalue weighted by Crippen LogP contribution is -2.12. The third-order valence-electron chi connectivity index (χ3n) is 5.72. The first-order valence-corrected chi connectivity index (χ1v) is 12.5. The molecule has 0 aliphatic carbocycles. The molecule has 0 spiro atoms. The average molecular weight is 495 g/mol. The van der Waals surface area contributed by atoms with Gasteiger partial charge >= 0.3 is 0 Å². The smallest absolute Gasteiger partial charge is 0.224 e. The zero-order chi connectivity index (χ0) is 26.5. The molecule has 0 aromatic heterocycles. The lowest BCUT2D eigenvalue weighted by Gasteiger charge is -2.11. The maximum absolute atomic E-state index is 12.2. The van der Waals surface area contributed by atoms with Crippen molar-refractivity contribution < 1.29 is 19.2 Å². The molecule has 8 heteroatoms. The van der Waals surface area contributed by atoms with Crippen molar-refractivity contribution in [2.24, 2.45) is 0 Å². The third-order valence-corrected chi connectivity index (χ3v) is 5.72. The van der Waals surface area contributed by atoms with Crippen molar-refractivity contribution in [2.75, 3.05) is 21.3 Å². The van der Waals surface area contributed by atoms with Crippen LogP contribution in [-0.2, 0) is 19.2 Å². The molecule has 0 saturated carbocycles. The second-order valence-electron chi connectivity index (χ2n) is 9.14. The highest BCUT2D eigenvalue weighted by atomic mass is 16.2. The SMILES string of the molecule is CC(=O)Nc1cc(NC(=O)CCCCCCCCC(=O)Nc2ccc(C)c(NC(C)=O)c2)ccc1C. The summed E-state index contributed by atoms with van der Waals surface area (Å²) in [6.45, 7) is 6.71. The van der Waals surface area contributed by atoms with E-state index in [2.05, 4.69) is 21.3 Å². The van der Waals surface area contributed by atoms with Crippen LogP contribution in [0, 0.1) is 13.8 Å². The Morgan fingerprint density at radius 1 is 0.556 bits per heavy atom. The number of amides is 4. The first-order chi connectivity index (χ1) is 17.1. The number of benzene rings is 2. The van der Waals surface area contributed by atoms with Crippen LogP contribution in [0.4, 0.5) is 22.7 Å². The normalized spacial score (nSPS) is 10.4. The highest BCUT2D eigenvalue weighted by molar-refractivity contribution is 5.94. The minimum Gasteiger partial charge on any atom is -0.326 e. The average Bonchev–Trinajstić information content (AvgIpc) is 2.79. The second kappa shape index (κ2) is 14.7. The number of aryl methyl sites for hydroxylation is 2. The summed E-state index contributed by atoms with van der Waals surface area (Å²) in [6.07, 6.45) is 6.46. The van der Waals surface area contributed by atoms with E-state index in [9.17, 15) is 19.2 Å². The van der Waals surface area contributed by atoms with Crippen molar-refractivity contribution in [2.45, 2.75) is 79.1 Å². The summed E-state index contributed by atoms with van der Waals surface area (Å²) in [7, 11) is 0. The molecule has 36 heavy (non-hydrogen) atoms. The highest BCUT2D eigenvalue weighted by Gasteiger charge is 2.08. The van der Waals surface area contributed by atoms with Crippen LogP contribution < -0.4 is 21.3 Å². The van der Waals surface area contributed by atoms with Crippen molar-refractivity contribution in [1.29, 1.82) is 0 Å². The third kappa shape index (κ3) is 10.7. The predicted molar refractivity (Wildman–Crippen MR) is 145 cm³/mol. The molecule has 0 bridgehead atoms. The molecule has 0 unspecified atom stereocenters. The van der Waals surface area contributed by atoms with Gasteiger partial charge in [-0.15, -0.1) is 0 Å². The quantitative estimate of drug-likeness (QED) is 0.259. The Morgan fingerprint density at radius 2 is 0.917 bits per heavy atom. The Bertz CT molecular complexity index is 996. The van der Waals surface area contributed by atoms with Crippen molar-refractivity contribution >= 4 is 46.4 Å². The van der Waals surface area contributed by atoms with Gasteiger partial charge in [0, 0.05) is 49.4 Å². The van der Waals surface area contributed by atoms with Crippen LogP contribution in [-0.4, -0.2) is 23.6 Å². The minimum absolute atomic E-state index is 0.0398. The zero-order valence-corrected chi connectivity index (χ0v) is 21.8. The predicted octanol–water partition coefficient (Wildman–Crippen LogP) is 5.92. The molecule has 2 rings (SSSR count). The number of rotatable bonds is 13. The Labute approximate surface area is 213 Å². The van der Waals surface area contributed by atoms with Crippen LogP contribution in [0.3, 0.4) is 0 Å². The molecule has 0 aliphatic rings. The molecule has 2 aromatic carbocycles. The van der Waals surface area contributed by atoms with Gasteiger partial charge in [-0.05, 0) is 62.1 Å². The fourth-order valence-corrected chi connectivity index (χ4v) is 3.77. The van der Waals surface area contributed by atoms with E-state index in [0.29, 0.717) is 35.6 Å². The van der Waals surface area contributed by atoms with E-state index < -0.39 is 0 Å². The van der Waals surface area contributed by atoms with Crippen LogP contribution >= 0.6 is 0 Å². The van der Waals surface area contributed by atoms with Gasteiger partial charge in [-0.2, -0.15) is 0 Å². The molecule has 0 atom stereocenters. The van der Waals surface area contributed by atoms with E-state index in [4.69, 9.17) is 0 Å². The van der Waals surface area contributed by atoms with Crippen LogP contribution in [0.5, 0.6) is 0 Å². The fraction of sp³-hybridized carbons (Fsp3) is 0.429. The van der Waals surface area contributed by atoms with Crippen LogP contribution in [0.25, 0.3) is 0 Å². The summed E-state index contributed by atoms with van der Waals surface area (Å²) in [5, 5.41) is 11.3. The number of nitrogens with one attached hydrogen (secondary N) is 4. The van der Waals surface area contributed by atoms with Crippen LogP contribution in [0.2, 0.25) is 0 Å². The Hall–Kier alpha value is -3.68. The molecule has 0 heterocycles. The van der Waals surface area contributed by atoms with Crippen molar-refractivity contribution in [3.63, 3.8) is 0 Å². The monoisotopic (exact) mass is 494 g/mol. The maximum Gasteiger partial charge on any atom is 0.224 e. The van der Waals surface area contributed by atoms with Gasteiger partial charge in [-0.25, -0.2) is 0 Å². The summed E-state index contributed by atoms with van der Waals surface area (Å²) in [4.78, 5) is 47.0. The van der Waals surface area contributed by atoms with E-state index in [1.807, 2.05) is 38.1 Å². The summed E-state index contributed by atoms with van der Waals surface area (Å²) in [5.74, 6) is -0.374. The molecule has 194 valence electrons. The zero-order valence-electron chi connectivity index (χ0n) is 21.8. The number of anilines is 4. The highest BCUT2D eigenvalue weighted by Crippen LogP contribution is 2.22. The van der Waals surface area contributed by atoms with E-state index in [0.717, 1.165) is 49.7 Å². The molecule has 4 amide bonds. The summed E-state index contributed by atoms with van der Waals surface area (Å²) in [6, 6.07) is 10.9. The molecule has 0 saturated heterocycles. The number of unbranched alkanes of at least 4 members (excludes halogenated alkanes) is 5. The van der Waals surface area contributed by atoms with E-state index in [-0.39, 0.29) is 23.6 Å². The second-order valence-corrected chi connectivity index (χ2v) is 9.14. The fourth-order valence-electron chi connectivity index (χ4n) is 3.77. The number of hydrogen-bond donors (Lipinski definition) is 4. The van der Waals surface area contributed by atoms with Gasteiger partial charge in [0.25, 0.3) is 0 Å². The standard InChI is InChI=1S/C28H38N4O4/c1-19-13-15-23(17-25(19)29-21(3)33)31-27(35)11-9-7-5-6-8-10-12-28(36)32-24-16-14-20(2)26(18-24)30-22(4)34/h13-18H,5-12H2,1-4H3,(H,29,33)(H,30,34)(H,31,35)(H,32,36). The first kappa shape index (κ1) is 28.6. The molecular weight excluding hydrogens is 456 g/mol. The Morgan fingerprint density at radius 3 is 1.28 bits per heavy atom. The maximum atomic E-state index is 12.2. The van der Waals surface area contributed by atoms with E-state index in [1.54, 1.807) is 12.1 Å². The lowest BCUT2D eigenvalue weighted by molar-refractivity contribution is -0.117. The number of carbonyl (C=O) groups is 4. The van der Waals surface area contributed by atoms with Crippen molar-refractivity contribution in [1.82, 2.24) is 0 Å². The molecule has 2 aromatic rings. The molecule has 4 N–H and O–H groups in total. The van der Waals surface area contributed by atoms with Gasteiger partial charge in [0.1, 0.15) is 0 Å². The summed E-state index contributed by atoms with van der Waals surface area (Å²) < 4.78 is 0. The molecular formula is C28H38N4O4. The topological polar surface area (TPSA) is 116 Å². The van der Waals surface area contributed by atoms with Gasteiger partial charge in [-0.3, -0.25) is 19.2 Å². The summed E-state index contributed by atoms with van der Waals surface area (Å²) in [5.41, 5.74) is 4.61. The number of carbonyl (C=O) groups excluding carboxylic acids is 4. The van der Waals surface area contributed by atoms with E-state index >= 15 is 0 Å². The minimum atomic E-state index is -0.147. The lowest BCUT2D eigenvalue weighted by atomic mass is 10.1. The van der Waals surface area contributed by atoms with Gasteiger partial charge in [0.2, 0.25) is 23.6 Å². The van der Waals surface area contributed by atoms with Gasteiger partial charge in [0.15, 0.2) is 0 Å². The molecule has 0 aliphatic heterocycles. The first-order valence-electron chi connectivity index (χ1n) is 12.5. The van der Waals surface area contributed by atoms with E-state index in [1.165, 1.54) is 13.8 Å². The summed E-state index contributed by atoms with van der Waals surface area (Å²) >= 11 is 0. The molecule has 0 radical (unpaired) electrons. The Kier molecular flexibility index (Phi) is 11.6. The number of hydrogen-bond acceptors (Lipinski definition) is 4. The Balaban J connectivity index is 1.58. The van der Waals surface area contributed by atoms with Gasteiger partial charge < -0.3 is 21.3 Å².